The molecule has 0 aromatic carbocycles. The third-order valence-electron chi connectivity index (χ3n) is 3.97. The van der Waals surface area contributed by atoms with Crippen LogP contribution in [-0.4, -0.2) is 70.7 Å². The van der Waals surface area contributed by atoms with E-state index in [4.69, 9.17) is 4.99 Å². The van der Waals surface area contributed by atoms with E-state index in [1.165, 1.54) is 0 Å². The van der Waals surface area contributed by atoms with Gasteiger partial charge in [-0.05, 0) is 18.9 Å². The number of rotatable bonds is 5. The van der Waals surface area contributed by atoms with E-state index in [9.17, 15) is 4.79 Å². The van der Waals surface area contributed by atoms with Gasteiger partial charge in [0.1, 0.15) is 0 Å². The summed E-state index contributed by atoms with van der Waals surface area (Å²) in [6.45, 7) is 11.6. The highest BCUT2D eigenvalue weighted by molar-refractivity contribution is 5.80. The maximum absolute atomic E-state index is 11.4. The van der Waals surface area contributed by atoms with Gasteiger partial charge in [0.2, 0.25) is 5.91 Å². The molecule has 1 aliphatic rings. The fraction of sp³-hybridized carbons (Fsp3) is 0.688. The molecule has 1 aromatic rings. The van der Waals surface area contributed by atoms with Crippen LogP contribution < -0.4 is 5.32 Å². The monoisotopic (exact) mass is 320 g/mol. The summed E-state index contributed by atoms with van der Waals surface area (Å²) in [4.78, 5) is 20.3. The number of piperazine rings is 1. The van der Waals surface area contributed by atoms with Gasteiger partial charge in [0, 0.05) is 65.1 Å². The van der Waals surface area contributed by atoms with Gasteiger partial charge < -0.3 is 15.1 Å². The van der Waals surface area contributed by atoms with E-state index in [-0.39, 0.29) is 5.91 Å². The minimum Gasteiger partial charge on any atom is -0.357 e. The van der Waals surface area contributed by atoms with Crippen LogP contribution >= 0.6 is 0 Å². The predicted molar refractivity (Wildman–Crippen MR) is 91.2 cm³/mol. The number of nitrogens with zero attached hydrogens (tertiary/aromatic N) is 5. The zero-order valence-electron chi connectivity index (χ0n) is 14.4. The minimum absolute atomic E-state index is 0.152. The molecule has 7 heteroatoms. The third kappa shape index (κ3) is 5.26. The highest BCUT2D eigenvalue weighted by atomic mass is 16.2. The predicted octanol–water partition coefficient (Wildman–Crippen LogP) is 0.649. The van der Waals surface area contributed by atoms with Crippen LogP contribution in [-0.2, 0) is 11.3 Å². The van der Waals surface area contributed by atoms with Crippen molar-refractivity contribution >= 4 is 11.9 Å². The van der Waals surface area contributed by atoms with Gasteiger partial charge in [0.05, 0.1) is 0 Å². The van der Waals surface area contributed by atoms with E-state index in [0.29, 0.717) is 5.92 Å². The van der Waals surface area contributed by atoms with Crippen LogP contribution in [0.4, 0.5) is 0 Å². The van der Waals surface area contributed by atoms with Crippen LogP contribution in [0.5, 0.6) is 0 Å². The molecule has 1 unspecified atom stereocenters. The molecule has 1 fully saturated rings. The largest absolute Gasteiger partial charge is 0.357 e. The number of amides is 1. The molecular formula is C16H28N6O. The summed E-state index contributed by atoms with van der Waals surface area (Å²) in [6.07, 6.45) is 3.78. The van der Waals surface area contributed by atoms with Gasteiger partial charge in [-0.25, -0.2) is 0 Å². The molecule has 0 saturated carbocycles. The molecule has 0 radical (unpaired) electrons. The molecule has 2 rings (SSSR count). The number of hydrogen-bond donors (Lipinski definition) is 1. The summed E-state index contributed by atoms with van der Waals surface area (Å²) in [5.41, 5.74) is 0. The van der Waals surface area contributed by atoms with Crippen molar-refractivity contribution in [3.63, 3.8) is 0 Å². The van der Waals surface area contributed by atoms with Gasteiger partial charge in [0.25, 0.3) is 0 Å². The van der Waals surface area contributed by atoms with Crippen molar-refractivity contribution in [2.75, 3.05) is 39.3 Å². The number of hydrogen-bond acceptors (Lipinski definition) is 3. The molecule has 1 aliphatic heterocycles. The van der Waals surface area contributed by atoms with Crippen molar-refractivity contribution in [2.24, 2.45) is 10.9 Å². The Morgan fingerprint density at radius 3 is 2.57 bits per heavy atom. The number of carbonyl (C=O) groups is 1. The summed E-state index contributed by atoms with van der Waals surface area (Å²) >= 11 is 0. The smallest absolute Gasteiger partial charge is 0.219 e. The molecule has 1 atom stereocenters. The van der Waals surface area contributed by atoms with E-state index in [0.717, 1.165) is 51.8 Å². The van der Waals surface area contributed by atoms with Crippen molar-refractivity contribution in [3.8, 4) is 0 Å². The molecule has 1 aromatic heterocycles. The molecule has 0 aliphatic carbocycles. The Labute approximate surface area is 138 Å². The fourth-order valence-electron chi connectivity index (χ4n) is 2.69. The maximum atomic E-state index is 11.4. The molecule has 0 bridgehead atoms. The van der Waals surface area contributed by atoms with Gasteiger partial charge in [-0.1, -0.05) is 6.92 Å². The van der Waals surface area contributed by atoms with Gasteiger partial charge in [-0.3, -0.25) is 14.5 Å². The summed E-state index contributed by atoms with van der Waals surface area (Å²) in [5, 5.41) is 7.60. The van der Waals surface area contributed by atoms with E-state index in [1.54, 1.807) is 13.1 Å². The lowest BCUT2D eigenvalue weighted by Gasteiger charge is -2.36. The average Bonchev–Trinajstić information content (AvgIpc) is 3.04. The SMILES string of the molecule is CCNC(=NCC(C)Cn1cccn1)N1CCN(C(C)=O)CC1. The van der Waals surface area contributed by atoms with Gasteiger partial charge >= 0.3 is 0 Å². The van der Waals surface area contributed by atoms with E-state index >= 15 is 0 Å². The molecule has 2 heterocycles. The number of aliphatic imine (C=N–C) groups is 1. The van der Waals surface area contributed by atoms with E-state index in [1.807, 2.05) is 21.8 Å². The summed E-state index contributed by atoms with van der Waals surface area (Å²) in [6, 6.07) is 1.94. The normalized spacial score (nSPS) is 17.3. The average molecular weight is 320 g/mol. The Hall–Kier alpha value is -2.05. The second-order valence-electron chi connectivity index (χ2n) is 6.02. The first-order valence-electron chi connectivity index (χ1n) is 8.36. The van der Waals surface area contributed by atoms with Crippen LogP contribution in [0, 0.1) is 5.92 Å². The van der Waals surface area contributed by atoms with Crippen molar-refractivity contribution < 1.29 is 4.79 Å². The number of nitrogens with one attached hydrogen (secondary N) is 1. The number of aromatic nitrogens is 2. The number of guanidine groups is 1. The molecule has 1 saturated heterocycles. The summed E-state index contributed by atoms with van der Waals surface area (Å²) in [5.74, 6) is 1.52. The molecule has 1 N–H and O–H groups in total. The van der Waals surface area contributed by atoms with Gasteiger partial charge in [-0.2, -0.15) is 5.10 Å². The zero-order valence-corrected chi connectivity index (χ0v) is 14.4. The first-order chi connectivity index (χ1) is 11.1. The van der Waals surface area contributed by atoms with Crippen LogP contribution in [0.3, 0.4) is 0 Å². The van der Waals surface area contributed by atoms with Crippen LogP contribution in [0.25, 0.3) is 0 Å². The van der Waals surface area contributed by atoms with Crippen molar-refractivity contribution in [1.29, 1.82) is 0 Å². The van der Waals surface area contributed by atoms with Crippen LogP contribution in [0.1, 0.15) is 20.8 Å². The standard InChI is InChI=1S/C16H28N6O/c1-4-17-16(21-10-8-20(9-11-21)15(3)23)18-12-14(2)13-22-7-5-6-19-22/h5-7,14H,4,8-13H2,1-3H3,(H,17,18). The van der Waals surface area contributed by atoms with Crippen LogP contribution in [0.15, 0.2) is 23.5 Å². The first kappa shape index (κ1) is 17.3. The maximum Gasteiger partial charge on any atom is 0.219 e. The second kappa shape index (κ2) is 8.55. The van der Waals surface area contributed by atoms with Crippen molar-refractivity contribution in [2.45, 2.75) is 27.3 Å². The zero-order chi connectivity index (χ0) is 16.7. The van der Waals surface area contributed by atoms with Gasteiger partial charge in [-0.15, -0.1) is 0 Å². The van der Waals surface area contributed by atoms with E-state index in [2.05, 4.69) is 29.2 Å². The Balaban J connectivity index is 1.88. The lowest BCUT2D eigenvalue weighted by Crippen LogP contribution is -2.53. The van der Waals surface area contributed by atoms with E-state index < -0.39 is 0 Å². The van der Waals surface area contributed by atoms with Crippen molar-refractivity contribution in [3.05, 3.63) is 18.5 Å². The van der Waals surface area contributed by atoms with Crippen molar-refractivity contribution in [1.82, 2.24) is 24.9 Å². The summed E-state index contributed by atoms with van der Waals surface area (Å²) < 4.78 is 1.94. The van der Waals surface area contributed by atoms with Gasteiger partial charge in [0.15, 0.2) is 5.96 Å². The quantitative estimate of drug-likeness (QED) is 0.639. The Morgan fingerprint density at radius 1 is 1.30 bits per heavy atom. The van der Waals surface area contributed by atoms with Crippen LogP contribution in [0.2, 0.25) is 0 Å². The second-order valence-corrected chi connectivity index (χ2v) is 6.02. The fourth-order valence-corrected chi connectivity index (χ4v) is 2.69. The Kier molecular flexibility index (Phi) is 6.43. The lowest BCUT2D eigenvalue weighted by molar-refractivity contribution is -0.130. The molecule has 23 heavy (non-hydrogen) atoms. The summed E-state index contributed by atoms with van der Waals surface area (Å²) in [7, 11) is 0. The topological polar surface area (TPSA) is 65.8 Å². The Morgan fingerprint density at radius 2 is 2.00 bits per heavy atom. The minimum atomic E-state index is 0.152. The third-order valence-corrected chi connectivity index (χ3v) is 3.97. The molecule has 7 nitrogen and oxygen atoms in total. The molecule has 1 amide bonds. The first-order valence-corrected chi connectivity index (χ1v) is 8.36. The molecule has 0 spiro atoms. The highest BCUT2D eigenvalue weighted by Gasteiger charge is 2.20. The lowest BCUT2D eigenvalue weighted by atomic mass is 10.2. The molecule has 128 valence electrons. The molecular weight excluding hydrogens is 292 g/mol. The highest BCUT2D eigenvalue weighted by Crippen LogP contribution is 2.05. The Bertz CT molecular complexity index is 505. The number of carbonyl (C=O) groups excluding carboxylic acids is 1.